The molecular weight excluding hydrogens is 420 g/mol. The highest BCUT2D eigenvalue weighted by atomic mass is 16.5. The minimum Gasteiger partial charge on any atom is -0.377 e. The fourth-order valence-corrected chi connectivity index (χ4v) is 4.65. The number of H-pyrrole nitrogens is 1. The number of hydrogen-bond donors (Lipinski definition) is 4. The van der Waals surface area contributed by atoms with Gasteiger partial charge in [0.25, 0.3) is 0 Å². The van der Waals surface area contributed by atoms with Gasteiger partial charge in [-0.25, -0.2) is 4.98 Å². The number of likely N-dealkylation sites (tertiary alicyclic amines) is 1. The number of aromatic nitrogens is 3. The number of ketones is 1. The summed E-state index contributed by atoms with van der Waals surface area (Å²) in [5, 5.41) is 21.3. The molecule has 10 heteroatoms. The van der Waals surface area contributed by atoms with Gasteiger partial charge in [0.15, 0.2) is 0 Å². The van der Waals surface area contributed by atoms with E-state index in [2.05, 4.69) is 49.4 Å². The number of pyridine rings is 1. The molecule has 2 aromatic heterocycles. The number of morpholine rings is 1. The van der Waals surface area contributed by atoms with Crippen LogP contribution in [0, 0.1) is 22.7 Å². The van der Waals surface area contributed by atoms with E-state index in [1.54, 1.807) is 12.3 Å². The molecule has 3 fully saturated rings. The third-order valence-corrected chi connectivity index (χ3v) is 6.43. The van der Waals surface area contributed by atoms with Crippen LogP contribution in [0.4, 0.5) is 17.5 Å². The van der Waals surface area contributed by atoms with Crippen molar-refractivity contribution in [2.24, 2.45) is 5.41 Å². The second kappa shape index (κ2) is 8.94. The van der Waals surface area contributed by atoms with Crippen LogP contribution in [-0.4, -0.2) is 90.6 Å². The summed E-state index contributed by atoms with van der Waals surface area (Å²) < 4.78 is 5.57. The van der Waals surface area contributed by atoms with Crippen LogP contribution in [-0.2, 0) is 9.53 Å². The van der Waals surface area contributed by atoms with E-state index in [1.165, 1.54) is 6.21 Å². The van der Waals surface area contributed by atoms with Gasteiger partial charge < -0.3 is 25.7 Å². The average molecular weight is 449 g/mol. The summed E-state index contributed by atoms with van der Waals surface area (Å²) >= 11 is 0. The Morgan fingerprint density at radius 2 is 2.30 bits per heavy atom. The molecule has 5 rings (SSSR count). The predicted molar refractivity (Wildman–Crippen MR) is 125 cm³/mol. The number of rotatable bonds is 6. The number of anilines is 3. The third-order valence-electron chi connectivity index (χ3n) is 6.43. The van der Waals surface area contributed by atoms with Gasteiger partial charge in [-0.2, -0.15) is 5.10 Å². The molecule has 33 heavy (non-hydrogen) atoms. The van der Waals surface area contributed by atoms with Gasteiger partial charge in [-0.3, -0.25) is 14.8 Å². The first-order chi connectivity index (χ1) is 16.0. The van der Waals surface area contributed by atoms with Crippen molar-refractivity contribution in [3.8, 4) is 11.8 Å². The lowest BCUT2D eigenvalue weighted by Crippen LogP contribution is -2.71. The van der Waals surface area contributed by atoms with E-state index in [4.69, 9.17) is 15.1 Å². The summed E-state index contributed by atoms with van der Waals surface area (Å²) in [5.74, 6) is 7.59. The van der Waals surface area contributed by atoms with Gasteiger partial charge in [0.05, 0.1) is 37.6 Å². The highest BCUT2D eigenvalue weighted by molar-refractivity contribution is 5.98. The molecule has 3 aliphatic heterocycles. The highest BCUT2D eigenvalue weighted by Gasteiger charge is 2.47. The third kappa shape index (κ3) is 4.48. The maximum atomic E-state index is 12.6. The zero-order valence-corrected chi connectivity index (χ0v) is 18.6. The molecule has 1 spiro atoms. The molecule has 4 N–H and O–H groups in total. The molecule has 1 atom stereocenters. The summed E-state index contributed by atoms with van der Waals surface area (Å²) in [7, 11) is 0. The topological polar surface area (TPSA) is 122 Å². The van der Waals surface area contributed by atoms with E-state index in [0.717, 1.165) is 32.0 Å². The lowest BCUT2D eigenvalue weighted by atomic mass is 9.74. The Morgan fingerprint density at radius 3 is 2.97 bits per heavy atom. The van der Waals surface area contributed by atoms with Gasteiger partial charge in [-0.1, -0.05) is 5.92 Å². The fraction of sp³-hybridized carbons (Fsp3) is 0.478. The Bertz CT molecular complexity index is 1090. The molecule has 10 nitrogen and oxygen atoms in total. The van der Waals surface area contributed by atoms with Crippen molar-refractivity contribution in [2.75, 3.05) is 62.7 Å². The maximum Gasteiger partial charge on any atom is 0.219 e. The van der Waals surface area contributed by atoms with Crippen LogP contribution in [0.2, 0.25) is 0 Å². The zero-order chi connectivity index (χ0) is 22.8. The normalized spacial score (nSPS) is 21.5. The number of nitrogens with zero attached hydrogens (tertiary/aromatic N) is 4. The molecule has 2 aromatic rings. The van der Waals surface area contributed by atoms with Crippen LogP contribution in [0.15, 0.2) is 18.3 Å². The van der Waals surface area contributed by atoms with Crippen molar-refractivity contribution in [2.45, 2.75) is 13.0 Å². The summed E-state index contributed by atoms with van der Waals surface area (Å²) in [6.45, 7) is 8.34. The van der Waals surface area contributed by atoms with E-state index in [9.17, 15) is 4.79 Å². The van der Waals surface area contributed by atoms with Crippen LogP contribution < -0.4 is 15.5 Å². The van der Waals surface area contributed by atoms with Crippen LogP contribution >= 0.6 is 0 Å². The quantitative estimate of drug-likeness (QED) is 0.374. The van der Waals surface area contributed by atoms with Crippen LogP contribution in [0.3, 0.4) is 0 Å². The monoisotopic (exact) mass is 448 g/mol. The number of carbonyl (C=O) groups excluding carboxylic acids is 1. The van der Waals surface area contributed by atoms with Crippen LogP contribution in [0.5, 0.6) is 0 Å². The summed E-state index contributed by atoms with van der Waals surface area (Å²) in [5.41, 5.74) is 1.49. The Kier molecular flexibility index (Phi) is 5.85. The first kappa shape index (κ1) is 21.6. The summed E-state index contributed by atoms with van der Waals surface area (Å²) in [4.78, 5) is 21.6. The maximum absolute atomic E-state index is 12.6. The molecule has 3 aliphatic rings. The minimum absolute atomic E-state index is 0.116. The SMILES string of the molecule is C[C@@H]1COCCN1c1cc(C#CC(=O)CN2CC3(CNC3)C2)c(C=N)c(Nc2ccn[nH]2)n1. The second-order valence-electron chi connectivity index (χ2n) is 9.07. The van der Waals surface area contributed by atoms with Gasteiger partial charge in [-0.15, -0.1) is 0 Å². The Morgan fingerprint density at radius 1 is 1.45 bits per heavy atom. The highest BCUT2D eigenvalue weighted by Crippen LogP contribution is 2.33. The average Bonchev–Trinajstić information content (AvgIpc) is 3.26. The molecule has 0 aliphatic carbocycles. The predicted octanol–water partition coefficient (Wildman–Crippen LogP) is 0.597. The summed E-state index contributed by atoms with van der Waals surface area (Å²) in [6.07, 6.45) is 2.86. The molecule has 0 bridgehead atoms. The first-order valence-electron chi connectivity index (χ1n) is 11.2. The number of hydrogen-bond acceptors (Lipinski definition) is 9. The van der Waals surface area contributed by atoms with E-state index >= 15 is 0 Å². The van der Waals surface area contributed by atoms with Crippen molar-refractivity contribution in [1.29, 1.82) is 5.41 Å². The van der Waals surface area contributed by atoms with E-state index < -0.39 is 0 Å². The molecule has 0 aromatic carbocycles. The minimum atomic E-state index is -0.116. The van der Waals surface area contributed by atoms with Crippen molar-refractivity contribution in [3.05, 3.63) is 29.5 Å². The Hall–Kier alpha value is -3.26. The zero-order valence-electron chi connectivity index (χ0n) is 18.6. The Labute approximate surface area is 192 Å². The molecule has 0 radical (unpaired) electrons. The van der Waals surface area contributed by atoms with Crippen molar-refractivity contribution in [1.82, 2.24) is 25.4 Å². The molecule has 172 valence electrons. The van der Waals surface area contributed by atoms with Crippen molar-refractivity contribution in [3.63, 3.8) is 0 Å². The molecule has 5 heterocycles. The second-order valence-corrected chi connectivity index (χ2v) is 9.07. The molecule has 0 amide bonds. The van der Waals surface area contributed by atoms with Crippen molar-refractivity contribution >= 4 is 29.5 Å². The molecule has 0 unspecified atom stereocenters. The molecule has 0 saturated carbocycles. The largest absolute Gasteiger partial charge is 0.377 e. The Balaban J connectivity index is 1.41. The van der Waals surface area contributed by atoms with Crippen LogP contribution in [0.1, 0.15) is 18.1 Å². The fourth-order valence-electron chi connectivity index (χ4n) is 4.65. The van der Waals surface area contributed by atoms with Gasteiger partial charge in [-0.05, 0) is 18.9 Å². The lowest BCUT2D eigenvalue weighted by molar-refractivity contribution is -0.119. The smallest absolute Gasteiger partial charge is 0.219 e. The summed E-state index contributed by atoms with van der Waals surface area (Å²) in [6, 6.07) is 3.80. The number of nitrogens with one attached hydrogen (secondary N) is 4. The molecular formula is C23H28N8O2. The van der Waals surface area contributed by atoms with Crippen LogP contribution in [0.25, 0.3) is 0 Å². The molecule has 3 saturated heterocycles. The van der Waals surface area contributed by atoms with Gasteiger partial charge >= 0.3 is 0 Å². The first-order valence-corrected chi connectivity index (χ1v) is 11.2. The standard InChI is InChI=1S/C23H28N8O2/c1-16-11-33-7-6-31(16)21-8-17(19(9-24)22(28-21)27-20-4-5-26-29-20)2-3-18(32)10-30-14-23(15-30)12-25-13-23/h4-5,8-9,16,24-25H,6-7,10-15H2,1H3,(H2,26,27,28,29)/t16-/m1/s1. The number of ether oxygens (including phenoxy) is 1. The van der Waals surface area contributed by atoms with E-state index in [-0.39, 0.29) is 11.8 Å². The van der Waals surface area contributed by atoms with Gasteiger partial charge in [0, 0.05) is 56.0 Å². The van der Waals surface area contributed by atoms with Gasteiger partial charge in [0.1, 0.15) is 17.5 Å². The van der Waals surface area contributed by atoms with E-state index in [0.29, 0.717) is 54.5 Å². The number of aromatic amines is 1. The number of carbonyl (C=O) groups is 1. The van der Waals surface area contributed by atoms with Crippen molar-refractivity contribution < 1.29 is 9.53 Å². The van der Waals surface area contributed by atoms with E-state index in [1.807, 2.05) is 6.07 Å². The lowest BCUT2D eigenvalue weighted by Gasteiger charge is -2.55. The number of Topliss-reactive ketones (excluding diaryl/α,β-unsaturated/α-hetero) is 1. The van der Waals surface area contributed by atoms with Gasteiger partial charge in [0.2, 0.25) is 5.78 Å².